The molecule has 0 saturated heterocycles. The van der Waals surface area contributed by atoms with Gasteiger partial charge in [-0.05, 0) is 11.6 Å². The maximum absolute atomic E-state index is 12.3. The summed E-state index contributed by atoms with van der Waals surface area (Å²) in [6.07, 6.45) is 0. The second-order valence-electron chi connectivity index (χ2n) is 4.89. The normalized spacial score (nSPS) is 16.9. The molecule has 0 bridgehead atoms. The average molecular weight is 283 g/mol. The number of non-ortho nitro benzene ring substituents is 1. The molecule has 0 radical (unpaired) electrons. The van der Waals surface area contributed by atoms with Crippen LogP contribution < -0.4 is 10.6 Å². The Morgan fingerprint density at radius 1 is 1.19 bits per heavy atom. The molecule has 1 heterocycles. The molecule has 1 aliphatic heterocycles. The van der Waals surface area contributed by atoms with Crippen molar-refractivity contribution in [2.24, 2.45) is 5.73 Å². The first-order chi connectivity index (χ1) is 10.1. The van der Waals surface area contributed by atoms with E-state index in [1.165, 1.54) is 12.1 Å². The van der Waals surface area contributed by atoms with Crippen LogP contribution in [-0.4, -0.2) is 10.8 Å². The lowest BCUT2D eigenvalue weighted by Crippen LogP contribution is -2.31. The lowest BCUT2D eigenvalue weighted by molar-refractivity contribution is -0.384. The smallest absolute Gasteiger partial charge is 0.269 e. The number of nitrogens with zero attached hydrogens (tertiary/aromatic N) is 2. The van der Waals surface area contributed by atoms with Crippen LogP contribution >= 0.6 is 0 Å². The van der Waals surface area contributed by atoms with Crippen molar-refractivity contribution in [3.05, 3.63) is 69.8 Å². The maximum atomic E-state index is 12.3. The molecule has 3 rings (SSSR count). The number of amides is 1. The molecule has 6 nitrogen and oxygen atoms in total. The van der Waals surface area contributed by atoms with E-state index in [1.54, 1.807) is 11.0 Å². The van der Waals surface area contributed by atoms with Crippen LogP contribution in [0.2, 0.25) is 0 Å². The van der Waals surface area contributed by atoms with Crippen molar-refractivity contribution in [1.29, 1.82) is 0 Å². The quantitative estimate of drug-likeness (QED) is 0.690. The SMILES string of the molecule is N[C@H]1C(=O)N(Cc2ccccc2)c2ccc([N+](=O)[O-])cc21. The van der Waals surface area contributed by atoms with E-state index in [9.17, 15) is 14.9 Å². The van der Waals surface area contributed by atoms with Gasteiger partial charge in [0.1, 0.15) is 6.04 Å². The van der Waals surface area contributed by atoms with Gasteiger partial charge in [0.25, 0.3) is 5.69 Å². The number of nitrogens with two attached hydrogens (primary N) is 1. The summed E-state index contributed by atoms with van der Waals surface area (Å²) in [6.45, 7) is 0.401. The van der Waals surface area contributed by atoms with Gasteiger partial charge in [0.05, 0.1) is 11.5 Å². The van der Waals surface area contributed by atoms with Gasteiger partial charge < -0.3 is 10.6 Å². The number of benzene rings is 2. The van der Waals surface area contributed by atoms with E-state index in [-0.39, 0.29) is 11.6 Å². The predicted octanol–water partition coefficient (Wildman–Crippen LogP) is 2.14. The van der Waals surface area contributed by atoms with Gasteiger partial charge in [-0.2, -0.15) is 0 Å². The molecule has 6 heteroatoms. The molecule has 0 unspecified atom stereocenters. The number of carbonyl (C=O) groups is 1. The number of anilines is 1. The monoisotopic (exact) mass is 283 g/mol. The third-order valence-electron chi connectivity index (χ3n) is 3.56. The standard InChI is InChI=1S/C15H13N3O3/c16-14-12-8-11(18(20)21)6-7-13(12)17(15(14)19)9-10-4-2-1-3-5-10/h1-8,14H,9,16H2/t14-/m1/s1. The minimum Gasteiger partial charge on any atom is -0.316 e. The summed E-state index contributed by atoms with van der Waals surface area (Å²) >= 11 is 0. The van der Waals surface area contributed by atoms with E-state index in [0.717, 1.165) is 5.56 Å². The number of fused-ring (bicyclic) bond motifs is 1. The largest absolute Gasteiger partial charge is 0.316 e. The summed E-state index contributed by atoms with van der Waals surface area (Å²) in [5.74, 6) is -0.241. The first-order valence-corrected chi connectivity index (χ1v) is 6.47. The molecule has 0 aromatic heterocycles. The van der Waals surface area contributed by atoms with Crippen LogP contribution in [0.4, 0.5) is 11.4 Å². The van der Waals surface area contributed by atoms with Crippen LogP contribution in [-0.2, 0) is 11.3 Å². The average Bonchev–Trinajstić information content (AvgIpc) is 2.73. The van der Waals surface area contributed by atoms with Crippen LogP contribution in [0.1, 0.15) is 17.2 Å². The van der Waals surface area contributed by atoms with Crippen LogP contribution in [0.25, 0.3) is 0 Å². The van der Waals surface area contributed by atoms with Crippen molar-refractivity contribution in [3.8, 4) is 0 Å². The molecule has 0 spiro atoms. The van der Waals surface area contributed by atoms with Crippen LogP contribution in [0.3, 0.4) is 0 Å². The van der Waals surface area contributed by atoms with Crippen molar-refractivity contribution < 1.29 is 9.72 Å². The van der Waals surface area contributed by atoms with Crippen molar-refractivity contribution in [2.45, 2.75) is 12.6 Å². The van der Waals surface area contributed by atoms with Gasteiger partial charge in [-0.3, -0.25) is 14.9 Å². The van der Waals surface area contributed by atoms with Gasteiger partial charge in [0, 0.05) is 23.4 Å². The Balaban J connectivity index is 1.98. The third-order valence-corrected chi connectivity index (χ3v) is 3.56. The van der Waals surface area contributed by atoms with Crippen LogP contribution in [0.5, 0.6) is 0 Å². The van der Waals surface area contributed by atoms with Gasteiger partial charge in [-0.15, -0.1) is 0 Å². The lowest BCUT2D eigenvalue weighted by atomic mass is 10.1. The van der Waals surface area contributed by atoms with E-state index in [2.05, 4.69) is 0 Å². The van der Waals surface area contributed by atoms with E-state index >= 15 is 0 Å². The van der Waals surface area contributed by atoms with Crippen molar-refractivity contribution in [2.75, 3.05) is 4.90 Å². The molecular formula is C15H13N3O3. The molecule has 0 aliphatic carbocycles. The first-order valence-electron chi connectivity index (χ1n) is 6.47. The summed E-state index contributed by atoms with van der Waals surface area (Å²) < 4.78 is 0. The topological polar surface area (TPSA) is 89.5 Å². The summed E-state index contributed by atoms with van der Waals surface area (Å²) in [4.78, 5) is 24.2. The number of hydrogen-bond donors (Lipinski definition) is 1. The summed E-state index contributed by atoms with van der Waals surface area (Å²) in [5.41, 5.74) is 7.95. The fourth-order valence-corrected chi connectivity index (χ4v) is 2.50. The zero-order chi connectivity index (χ0) is 15.0. The van der Waals surface area contributed by atoms with E-state index in [4.69, 9.17) is 5.73 Å². The maximum Gasteiger partial charge on any atom is 0.269 e. The molecular weight excluding hydrogens is 270 g/mol. The summed E-state index contributed by atoms with van der Waals surface area (Å²) in [7, 11) is 0. The summed E-state index contributed by atoms with van der Waals surface area (Å²) in [6, 6.07) is 13.0. The van der Waals surface area contributed by atoms with Crippen LogP contribution in [0.15, 0.2) is 48.5 Å². The second kappa shape index (κ2) is 4.99. The fourth-order valence-electron chi connectivity index (χ4n) is 2.50. The minimum absolute atomic E-state index is 0.0569. The predicted molar refractivity (Wildman–Crippen MR) is 77.7 cm³/mol. The summed E-state index contributed by atoms with van der Waals surface area (Å²) in [5, 5.41) is 10.8. The van der Waals surface area contributed by atoms with Gasteiger partial charge in [0.15, 0.2) is 0 Å². The Morgan fingerprint density at radius 3 is 2.57 bits per heavy atom. The molecule has 2 aromatic carbocycles. The highest BCUT2D eigenvalue weighted by Gasteiger charge is 2.35. The van der Waals surface area contributed by atoms with Gasteiger partial charge in [0.2, 0.25) is 5.91 Å². The number of nitro groups is 1. The van der Waals surface area contributed by atoms with Gasteiger partial charge in [-0.1, -0.05) is 30.3 Å². The zero-order valence-corrected chi connectivity index (χ0v) is 11.1. The highest BCUT2D eigenvalue weighted by Crippen LogP contribution is 2.37. The van der Waals surface area contributed by atoms with Crippen molar-refractivity contribution in [1.82, 2.24) is 0 Å². The third kappa shape index (κ3) is 2.25. The fraction of sp³-hybridized carbons (Fsp3) is 0.133. The molecule has 0 saturated carbocycles. The molecule has 2 aromatic rings. The Kier molecular flexibility index (Phi) is 3.15. The second-order valence-corrected chi connectivity index (χ2v) is 4.89. The van der Waals surface area contributed by atoms with Gasteiger partial charge in [-0.25, -0.2) is 0 Å². The number of nitro benzene ring substituents is 1. The number of rotatable bonds is 3. The van der Waals surface area contributed by atoms with Crippen molar-refractivity contribution >= 4 is 17.3 Å². The first kappa shape index (κ1) is 13.3. The van der Waals surface area contributed by atoms with Crippen molar-refractivity contribution in [3.63, 3.8) is 0 Å². The highest BCUT2D eigenvalue weighted by molar-refractivity contribution is 6.04. The van der Waals surface area contributed by atoms with E-state index in [1.807, 2.05) is 30.3 Å². The van der Waals surface area contributed by atoms with Crippen LogP contribution in [0, 0.1) is 10.1 Å². The zero-order valence-electron chi connectivity index (χ0n) is 11.1. The van der Waals surface area contributed by atoms with Gasteiger partial charge >= 0.3 is 0 Å². The molecule has 1 atom stereocenters. The molecule has 1 aliphatic rings. The molecule has 21 heavy (non-hydrogen) atoms. The highest BCUT2D eigenvalue weighted by atomic mass is 16.6. The Morgan fingerprint density at radius 2 is 1.90 bits per heavy atom. The molecule has 2 N–H and O–H groups in total. The Bertz CT molecular complexity index is 715. The molecule has 106 valence electrons. The molecule has 1 amide bonds. The van der Waals surface area contributed by atoms with E-state index < -0.39 is 11.0 Å². The molecule has 0 fully saturated rings. The Hall–Kier alpha value is -2.73. The number of carbonyl (C=O) groups excluding carboxylic acids is 1. The lowest BCUT2D eigenvalue weighted by Gasteiger charge is -2.17. The minimum atomic E-state index is -0.844. The van der Waals surface area contributed by atoms with E-state index in [0.29, 0.717) is 17.8 Å². The number of hydrogen-bond acceptors (Lipinski definition) is 4. The Labute approximate surface area is 120 Å².